The second-order valence-corrected chi connectivity index (χ2v) is 10.7. The molecule has 0 amide bonds. The molecule has 4 aromatic carbocycles. The van der Waals surface area contributed by atoms with E-state index in [4.69, 9.17) is 18.9 Å². The molecule has 1 aliphatic rings. The van der Waals surface area contributed by atoms with Crippen molar-refractivity contribution < 1.29 is 38.3 Å². The Balaban J connectivity index is 1.39. The van der Waals surface area contributed by atoms with Crippen LogP contribution < -0.4 is 0 Å². The summed E-state index contributed by atoms with van der Waals surface area (Å²) in [5.41, 5.74) is 1.04. The predicted molar refractivity (Wildman–Crippen MR) is 168 cm³/mol. The van der Waals surface area contributed by atoms with E-state index in [9.17, 15) is 24.5 Å². The van der Waals surface area contributed by atoms with E-state index in [0.29, 0.717) is 17.1 Å². The van der Waals surface area contributed by atoms with E-state index in [1.54, 1.807) is 97.9 Å². The maximum Gasteiger partial charge on any atom is 0.338 e. The van der Waals surface area contributed by atoms with E-state index in [-0.39, 0.29) is 29.2 Å². The lowest BCUT2D eigenvalue weighted by molar-refractivity contribution is -0.384. The van der Waals surface area contributed by atoms with Crippen LogP contribution >= 0.6 is 0 Å². The molecule has 1 saturated heterocycles. The van der Waals surface area contributed by atoms with Crippen LogP contribution in [0.5, 0.6) is 0 Å². The molecule has 6 rings (SSSR count). The summed E-state index contributed by atoms with van der Waals surface area (Å²) in [4.78, 5) is 55.1. The Kier molecular flexibility index (Phi) is 9.30. The fourth-order valence-corrected chi connectivity index (χ4v) is 5.21. The van der Waals surface area contributed by atoms with Gasteiger partial charge < -0.3 is 18.9 Å². The fourth-order valence-electron chi connectivity index (χ4n) is 5.21. The van der Waals surface area contributed by atoms with Crippen LogP contribution in [0.25, 0.3) is 5.69 Å². The molecule has 4 atom stereocenters. The molecule has 0 unspecified atom stereocenters. The molecule has 0 aliphatic carbocycles. The molecule has 48 heavy (non-hydrogen) atoms. The topological polar surface area (TPSA) is 162 Å². The largest absolute Gasteiger partial charge is 0.459 e. The Bertz CT molecular complexity index is 1920. The second kappa shape index (κ2) is 14.1. The maximum atomic E-state index is 13.5. The number of nitrogens with zero attached hydrogens (tertiary/aromatic N) is 4. The molecule has 1 aromatic heterocycles. The van der Waals surface area contributed by atoms with Crippen LogP contribution in [-0.4, -0.2) is 62.5 Å². The first-order valence-electron chi connectivity index (χ1n) is 14.9. The highest BCUT2D eigenvalue weighted by Gasteiger charge is 2.53. The van der Waals surface area contributed by atoms with Crippen molar-refractivity contribution in [3.63, 3.8) is 0 Å². The quantitative estimate of drug-likeness (QED) is 0.0843. The van der Waals surface area contributed by atoms with Gasteiger partial charge in [-0.2, -0.15) is 5.10 Å². The summed E-state index contributed by atoms with van der Waals surface area (Å²) in [5, 5.41) is 15.7. The van der Waals surface area contributed by atoms with Crippen molar-refractivity contribution in [1.29, 1.82) is 0 Å². The molecule has 1 aliphatic heterocycles. The van der Waals surface area contributed by atoms with Crippen molar-refractivity contribution in [3.05, 3.63) is 154 Å². The number of ether oxygens (including phenoxy) is 4. The highest BCUT2D eigenvalue weighted by Crippen LogP contribution is 2.39. The number of carbonyl (C=O) groups is 3. The first-order valence-corrected chi connectivity index (χ1v) is 14.9. The maximum absolute atomic E-state index is 13.5. The number of benzene rings is 4. The van der Waals surface area contributed by atoms with Gasteiger partial charge in [0.05, 0.1) is 27.3 Å². The number of hydrogen-bond acceptors (Lipinski definition) is 11. The van der Waals surface area contributed by atoms with Gasteiger partial charge in [-0.3, -0.25) is 10.1 Å². The average Bonchev–Trinajstić information content (AvgIpc) is 3.67. The molecule has 5 aromatic rings. The van der Waals surface area contributed by atoms with Gasteiger partial charge >= 0.3 is 17.9 Å². The van der Waals surface area contributed by atoms with E-state index in [2.05, 4.69) is 10.1 Å². The zero-order valence-corrected chi connectivity index (χ0v) is 25.4. The summed E-state index contributed by atoms with van der Waals surface area (Å²) in [5.74, 6) is -1.62. The molecule has 0 bridgehead atoms. The van der Waals surface area contributed by atoms with Gasteiger partial charge in [-0.15, -0.1) is 0 Å². The van der Waals surface area contributed by atoms with Crippen LogP contribution in [0, 0.1) is 17.0 Å². The molecule has 242 valence electrons. The minimum absolute atomic E-state index is 0.128. The molecular formula is C35H28N4O9. The van der Waals surface area contributed by atoms with Crippen molar-refractivity contribution in [3.8, 4) is 5.69 Å². The minimum atomic E-state index is -1.30. The predicted octanol–water partition coefficient (Wildman–Crippen LogP) is 5.23. The highest BCUT2D eigenvalue weighted by atomic mass is 16.7. The molecule has 1 fully saturated rings. The summed E-state index contributed by atoms with van der Waals surface area (Å²) in [6.07, 6.45) is -4.89. The van der Waals surface area contributed by atoms with E-state index >= 15 is 0 Å². The third-order valence-electron chi connectivity index (χ3n) is 7.50. The van der Waals surface area contributed by atoms with Gasteiger partial charge in [-0.25, -0.2) is 24.0 Å². The molecular weight excluding hydrogens is 620 g/mol. The van der Waals surface area contributed by atoms with Crippen molar-refractivity contribution >= 4 is 23.6 Å². The molecule has 2 heterocycles. The highest BCUT2D eigenvalue weighted by molar-refractivity contribution is 5.91. The first-order chi connectivity index (χ1) is 23.3. The number of esters is 3. The van der Waals surface area contributed by atoms with E-state index < -0.39 is 47.2 Å². The van der Waals surface area contributed by atoms with Gasteiger partial charge in [0, 0.05) is 12.1 Å². The lowest BCUT2D eigenvalue weighted by Gasteiger charge is -2.24. The zero-order valence-electron chi connectivity index (χ0n) is 25.4. The molecule has 0 saturated carbocycles. The second-order valence-electron chi connectivity index (χ2n) is 10.7. The Morgan fingerprint density at radius 3 is 1.77 bits per heavy atom. The fraction of sp³-hybridized carbons (Fsp3) is 0.171. The van der Waals surface area contributed by atoms with Crippen molar-refractivity contribution in [1.82, 2.24) is 14.8 Å². The summed E-state index contributed by atoms with van der Waals surface area (Å²) < 4.78 is 25.4. The van der Waals surface area contributed by atoms with Gasteiger partial charge in [0.1, 0.15) is 18.5 Å². The van der Waals surface area contributed by atoms with Crippen molar-refractivity contribution in [2.75, 3.05) is 6.61 Å². The van der Waals surface area contributed by atoms with Crippen molar-refractivity contribution in [2.24, 2.45) is 0 Å². The summed E-state index contributed by atoms with van der Waals surface area (Å²) in [7, 11) is 0. The molecule has 0 spiro atoms. The zero-order chi connectivity index (χ0) is 33.6. The Hall–Kier alpha value is -6.21. The molecule has 13 nitrogen and oxygen atoms in total. The van der Waals surface area contributed by atoms with Gasteiger partial charge in [-0.1, -0.05) is 54.6 Å². The third-order valence-corrected chi connectivity index (χ3v) is 7.50. The van der Waals surface area contributed by atoms with Crippen LogP contribution in [-0.2, 0) is 18.9 Å². The Labute approximate surface area is 273 Å². The van der Waals surface area contributed by atoms with Gasteiger partial charge in [0.25, 0.3) is 5.69 Å². The van der Waals surface area contributed by atoms with E-state index in [1.807, 2.05) is 0 Å². The number of non-ortho nitro benzene ring substituents is 1. The lowest BCUT2D eigenvalue weighted by Crippen LogP contribution is -2.41. The lowest BCUT2D eigenvalue weighted by atomic mass is 10.1. The Morgan fingerprint density at radius 1 is 0.750 bits per heavy atom. The summed E-state index contributed by atoms with van der Waals surface area (Å²) in [6.45, 7) is 1.26. The number of nitro benzene ring substituents is 1. The van der Waals surface area contributed by atoms with E-state index in [1.165, 1.54) is 28.9 Å². The van der Waals surface area contributed by atoms with Crippen LogP contribution in [0.3, 0.4) is 0 Å². The Morgan fingerprint density at radius 2 is 1.25 bits per heavy atom. The van der Waals surface area contributed by atoms with Crippen LogP contribution in [0.2, 0.25) is 0 Å². The first kappa shape index (κ1) is 31.8. The number of hydrogen-bond donors (Lipinski definition) is 0. The SMILES string of the molecule is Cc1nc([C@@H]2O[C@H](COC(=O)c3ccccc3)[C@@H](OC(=O)c3ccccc3)[C@H]2OC(=O)c2ccccc2)n(-c2ccc([N+](=O)[O-])cc2)n1. The van der Waals surface area contributed by atoms with Crippen LogP contribution in [0.15, 0.2) is 115 Å². The normalized spacial score (nSPS) is 18.5. The minimum Gasteiger partial charge on any atom is -0.459 e. The third kappa shape index (κ3) is 6.95. The van der Waals surface area contributed by atoms with Gasteiger partial charge in [-0.05, 0) is 55.5 Å². The van der Waals surface area contributed by atoms with Crippen LogP contribution in [0.1, 0.15) is 48.8 Å². The number of carbonyl (C=O) groups excluding carboxylic acids is 3. The molecule has 0 N–H and O–H groups in total. The summed E-state index contributed by atoms with van der Waals surface area (Å²) >= 11 is 0. The standard InChI is InChI=1S/C35H28N4O9/c1-22-36-32(38(37-22)26-17-19-27(20-18-26)39(43)44)31-30(48-35(42)25-15-9-4-10-16-25)29(47-34(41)24-13-7-3-8-14-24)28(46-31)21-45-33(40)23-11-5-2-6-12-23/h2-20,28-31H,21H2,1H3/t28-,29-,30-,31-/m1/s1. The molecule has 13 heteroatoms. The van der Waals surface area contributed by atoms with Crippen LogP contribution in [0.4, 0.5) is 5.69 Å². The van der Waals surface area contributed by atoms with Gasteiger partial charge in [0.15, 0.2) is 24.1 Å². The smallest absolute Gasteiger partial charge is 0.338 e. The van der Waals surface area contributed by atoms with Gasteiger partial charge in [0.2, 0.25) is 0 Å². The number of aromatic nitrogens is 3. The van der Waals surface area contributed by atoms with E-state index in [0.717, 1.165) is 0 Å². The van der Waals surface area contributed by atoms with Crippen molar-refractivity contribution in [2.45, 2.75) is 31.3 Å². The number of nitro groups is 1. The number of rotatable bonds is 10. The average molecular weight is 649 g/mol. The monoisotopic (exact) mass is 648 g/mol. The number of aryl methyl sites for hydroxylation is 1. The molecule has 0 radical (unpaired) electrons. The summed E-state index contributed by atoms with van der Waals surface area (Å²) in [6, 6.07) is 30.4.